The van der Waals surface area contributed by atoms with Crippen molar-refractivity contribution in [2.75, 3.05) is 13.1 Å². The van der Waals surface area contributed by atoms with Gasteiger partial charge in [-0.1, -0.05) is 6.42 Å². The fourth-order valence-electron chi connectivity index (χ4n) is 1.69. The minimum Gasteiger partial charge on any atom is -0.316 e. The molecule has 0 amide bonds. The van der Waals surface area contributed by atoms with Crippen molar-refractivity contribution in [3.63, 3.8) is 0 Å². The van der Waals surface area contributed by atoms with Crippen molar-refractivity contribution in [2.45, 2.75) is 29.5 Å². The van der Waals surface area contributed by atoms with E-state index < -0.39 is 0 Å². The topological polar surface area (TPSA) is 24.9 Å². The van der Waals surface area contributed by atoms with Gasteiger partial charge in [0, 0.05) is 22.5 Å². The molecule has 1 aromatic rings. The van der Waals surface area contributed by atoms with Crippen LogP contribution in [0.15, 0.2) is 27.8 Å². The molecule has 0 bridgehead atoms. The quantitative estimate of drug-likeness (QED) is 0.905. The van der Waals surface area contributed by atoms with Crippen LogP contribution in [0.3, 0.4) is 0 Å². The van der Waals surface area contributed by atoms with Crippen LogP contribution in [0.25, 0.3) is 0 Å². The Morgan fingerprint density at radius 1 is 1.40 bits per heavy atom. The molecule has 1 aliphatic rings. The molecule has 0 aliphatic carbocycles. The molecule has 2 heterocycles. The molecule has 4 heteroatoms. The molecule has 1 fully saturated rings. The summed E-state index contributed by atoms with van der Waals surface area (Å²) in [5.41, 5.74) is 0. The van der Waals surface area contributed by atoms with E-state index in [2.05, 4.69) is 38.4 Å². The van der Waals surface area contributed by atoms with Crippen LogP contribution < -0.4 is 5.32 Å². The maximum absolute atomic E-state index is 4.39. The Balaban J connectivity index is 1.92. The van der Waals surface area contributed by atoms with E-state index in [-0.39, 0.29) is 0 Å². The van der Waals surface area contributed by atoms with E-state index >= 15 is 0 Å². The van der Waals surface area contributed by atoms with Crippen LogP contribution >= 0.6 is 27.7 Å². The van der Waals surface area contributed by atoms with E-state index in [1.165, 1.54) is 25.8 Å². The Morgan fingerprint density at radius 3 is 3.13 bits per heavy atom. The standard InChI is InChI=1S/C11H15BrN2S/c12-9-4-5-11(14-7-9)15-10-3-1-2-6-13-8-10/h4-5,7,10,13H,1-3,6,8H2. The van der Waals surface area contributed by atoms with Crippen molar-refractivity contribution < 1.29 is 0 Å². The maximum atomic E-state index is 4.39. The number of aromatic nitrogens is 1. The molecule has 1 N–H and O–H groups in total. The predicted octanol–water partition coefficient (Wildman–Crippen LogP) is 3.08. The third kappa shape index (κ3) is 3.78. The lowest BCUT2D eigenvalue weighted by molar-refractivity contribution is 0.706. The highest BCUT2D eigenvalue weighted by atomic mass is 79.9. The molecule has 0 aromatic carbocycles. The van der Waals surface area contributed by atoms with Crippen LogP contribution in [0.4, 0.5) is 0 Å². The van der Waals surface area contributed by atoms with Crippen LogP contribution in [0.5, 0.6) is 0 Å². The van der Waals surface area contributed by atoms with Gasteiger partial charge in [0.05, 0.1) is 5.03 Å². The highest BCUT2D eigenvalue weighted by Gasteiger charge is 2.13. The van der Waals surface area contributed by atoms with Gasteiger partial charge in [0.1, 0.15) is 0 Å². The van der Waals surface area contributed by atoms with E-state index in [9.17, 15) is 0 Å². The number of hydrogen-bond acceptors (Lipinski definition) is 3. The Hall–Kier alpha value is -0.0600. The number of hydrogen-bond donors (Lipinski definition) is 1. The molecule has 2 rings (SSSR count). The van der Waals surface area contributed by atoms with Gasteiger partial charge in [0.15, 0.2) is 0 Å². The fourth-order valence-corrected chi connectivity index (χ4v) is 3.01. The van der Waals surface area contributed by atoms with Gasteiger partial charge in [-0.25, -0.2) is 4.98 Å². The summed E-state index contributed by atoms with van der Waals surface area (Å²) in [6, 6.07) is 4.14. The highest BCUT2D eigenvalue weighted by Crippen LogP contribution is 2.26. The average molecular weight is 287 g/mol. The summed E-state index contributed by atoms with van der Waals surface area (Å²) in [5, 5.41) is 5.28. The number of thioether (sulfide) groups is 1. The van der Waals surface area contributed by atoms with Crippen molar-refractivity contribution in [1.29, 1.82) is 0 Å². The Kier molecular flexibility index (Phi) is 4.47. The Labute approximate surface area is 103 Å². The molecule has 1 saturated heterocycles. The van der Waals surface area contributed by atoms with Crippen LogP contribution in [-0.4, -0.2) is 23.3 Å². The fraction of sp³-hybridized carbons (Fsp3) is 0.545. The van der Waals surface area contributed by atoms with Gasteiger partial charge < -0.3 is 5.32 Å². The first kappa shape index (κ1) is 11.4. The molecule has 1 atom stereocenters. The van der Waals surface area contributed by atoms with Crippen LogP contribution in [-0.2, 0) is 0 Å². The SMILES string of the molecule is Brc1ccc(SC2CCCCNC2)nc1. The van der Waals surface area contributed by atoms with Crippen molar-refractivity contribution in [3.8, 4) is 0 Å². The third-order valence-corrected chi connectivity index (χ3v) is 4.18. The zero-order valence-electron chi connectivity index (χ0n) is 8.58. The summed E-state index contributed by atoms with van der Waals surface area (Å²) in [6.45, 7) is 2.28. The second-order valence-corrected chi connectivity index (χ2v) is 5.99. The number of rotatable bonds is 2. The summed E-state index contributed by atoms with van der Waals surface area (Å²) >= 11 is 5.29. The van der Waals surface area contributed by atoms with Crippen molar-refractivity contribution in [1.82, 2.24) is 10.3 Å². The molecule has 1 unspecified atom stereocenters. The van der Waals surface area contributed by atoms with Gasteiger partial charge in [-0.15, -0.1) is 11.8 Å². The van der Waals surface area contributed by atoms with Gasteiger partial charge in [0.25, 0.3) is 0 Å². The lowest BCUT2D eigenvalue weighted by atomic mass is 10.2. The zero-order chi connectivity index (χ0) is 10.5. The molecule has 0 saturated carbocycles. The summed E-state index contributed by atoms with van der Waals surface area (Å²) < 4.78 is 1.05. The monoisotopic (exact) mass is 286 g/mol. The molecular weight excluding hydrogens is 272 g/mol. The maximum Gasteiger partial charge on any atom is 0.0963 e. The summed E-state index contributed by atoms with van der Waals surface area (Å²) in [4.78, 5) is 4.39. The van der Waals surface area contributed by atoms with E-state index in [1.807, 2.05) is 18.0 Å². The first-order valence-electron chi connectivity index (χ1n) is 5.33. The van der Waals surface area contributed by atoms with E-state index in [0.29, 0.717) is 5.25 Å². The van der Waals surface area contributed by atoms with Crippen LogP contribution in [0, 0.1) is 0 Å². The van der Waals surface area contributed by atoms with Gasteiger partial charge in [-0.3, -0.25) is 0 Å². The number of nitrogens with one attached hydrogen (secondary N) is 1. The van der Waals surface area contributed by atoms with Gasteiger partial charge >= 0.3 is 0 Å². The second kappa shape index (κ2) is 5.87. The number of halogens is 1. The molecular formula is C11H15BrN2S. The van der Waals surface area contributed by atoms with Gasteiger partial charge in [-0.05, 0) is 47.4 Å². The highest BCUT2D eigenvalue weighted by molar-refractivity contribution is 9.10. The number of pyridine rings is 1. The van der Waals surface area contributed by atoms with E-state index in [4.69, 9.17) is 0 Å². The first-order chi connectivity index (χ1) is 7.34. The smallest absolute Gasteiger partial charge is 0.0963 e. The van der Waals surface area contributed by atoms with Crippen molar-refractivity contribution >= 4 is 27.7 Å². The third-order valence-electron chi connectivity index (χ3n) is 2.49. The van der Waals surface area contributed by atoms with Crippen molar-refractivity contribution in [2.24, 2.45) is 0 Å². The second-order valence-electron chi connectivity index (χ2n) is 3.75. The van der Waals surface area contributed by atoms with Gasteiger partial charge in [0.2, 0.25) is 0 Å². The first-order valence-corrected chi connectivity index (χ1v) is 7.01. The molecule has 0 spiro atoms. The minimum atomic E-state index is 0.682. The summed E-state index contributed by atoms with van der Waals surface area (Å²) in [6.07, 6.45) is 5.81. The lowest BCUT2D eigenvalue weighted by Crippen LogP contribution is -2.22. The largest absolute Gasteiger partial charge is 0.316 e. The Bertz CT molecular complexity index is 294. The lowest BCUT2D eigenvalue weighted by Gasteiger charge is -2.12. The Morgan fingerprint density at radius 2 is 2.33 bits per heavy atom. The average Bonchev–Trinajstić information content (AvgIpc) is 2.50. The predicted molar refractivity (Wildman–Crippen MR) is 68.3 cm³/mol. The minimum absolute atomic E-state index is 0.682. The number of nitrogens with zero attached hydrogens (tertiary/aromatic N) is 1. The summed E-state index contributed by atoms with van der Waals surface area (Å²) in [7, 11) is 0. The van der Waals surface area contributed by atoms with E-state index in [1.54, 1.807) is 0 Å². The van der Waals surface area contributed by atoms with Crippen LogP contribution in [0.1, 0.15) is 19.3 Å². The van der Waals surface area contributed by atoms with Crippen molar-refractivity contribution in [3.05, 3.63) is 22.8 Å². The summed E-state index contributed by atoms with van der Waals surface area (Å²) in [5.74, 6) is 0. The van der Waals surface area contributed by atoms with Crippen LogP contribution in [0.2, 0.25) is 0 Å². The molecule has 1 aliphatic heterocycles. The molecule has 2 nitrogen and oxygen atoms in total. The molecule has 15 heavy (non-hydrogen) atoms. The van der Waals surface area contributed by atoms with E-state index in [0.717, 1.165) is 16.0 Å². The molecule has 82 valence electrons. The zero-order valence-corrected chi connectivity index (χ0v) is 11.0. The normalized spacial score (nSPS) is 22.3. The molecule has 0 radical (unpaired) electrons. The van der Waals surface area contributed by atoms with Gasteiger partial charge in [-0.2, -0.15) is 0 Å². The molecule has 1 aromatic heterocycles.